The van der Waals surface area contributed by atoms with Crippen LogP contribution < -0.4 is 10.2 Å². The van der Waals surface area contributed by atoms with Gasteiger partial charge in [0.1, 0.15) is 19.3 Å². The first-order valence-corrected chi connectivity index (χ1v) is 34.4. The third-order valence-corrected chi connectivity index (χ3v) is 15.7. The maximum absolute atomic E-state index is 13.5. The predicted molar refractivity (Wildman–Crippen MR) is 330 cm³/mol. The van der Waals surface area contributed by atoms with Crippen molar-refractivity contribution in [1.29, 1.82) is 0 Å². The lowest BCUT2D eigenvalue weighted by Crippen LogP contribution is -2.47. The number of phosphoric ester groups is 1. The summed E-state index contributed by atoms with van der Waals surface area (Å²) in [5, 5.41) is 3.03. The Balaban J connectivity index is 5.14. The first kappa shape index (κ1) is 75.0. The van der Waals surface area contributed by atoms with Gasteiger partial charge in [0.15, 0.2) is 0 Å². The molecule has 0 bridgehead atoms. The molecule has 0 aliphatic heterocycles. The van der Waals surface area contributed by atoms with Gasteiger partial charge in [-0.15, -0.1) is 0 Å². The maximum atomic E-state index is 13.5. The summed E-state index contributed by atoms with van der Waals surface area (Å²) in [4.78, 5) is 40.0. The smallest absolute Gasteiger partial charge is 0.306 e. The highest BCUT2D eigenvalue weighted by Crippen LogP contribution is 2.38. The highest BCUT2D eigenvalue weighted by molar-refractivity contribution is 7.45. The summed E-state index contributed by atoms with van der Waals surface area (Å²) in [7, 11) is 1.19. The lowest BCUT2D eigenvalue weighted by atomic mass is 10.0. The van der Waals surface area contributed by atoms with Gasteiger partial charge in [-0.25, -0.2) is 0 Å². The van der Waals surface area contributed by atoms with Crippen LogP contribution in [-0.4, -0.2) is 69.4 Å². The van der Waals surface area contributed by atoms with E-state index >= 15 is 0 Å². The van der Waals surface area contributed by atoms with Gasteiger partial charge in [0.2, 0.25) is 5.91 Å². The summed E-state index contributed by atoms with van der Waals surface area (Å²) in [6.07, 6.45) is 70.8. The SMILES string of the molecule is CCCCC/C=C\C/C=C\C/C=C\CCCCCCCCCCC(=O)NC(COP(=O)([O-])OCC[N+](C)(C)C)C(/C=C/CCCCCCCCCCC)OC(=O)CCCCCCCCCCCCCCCCCCCCC. The molecule has 0 saturated carbocycles. The molecule has 0 rings (SSSR count). The van der Waals surface area contributed by atoms with Crippen LogP contribution in [0.25, 0.3) is 0 Å². The number of likely N-dealkylation sites (N-methyl/N-ethyl adjacent to an activating group) is 1. The molecule has 0 fully saturated rings. The Bertz CT molecular complexity index is 1460. The zero-order valence-electron chi connectivity index (χ0n) is 51.7. The van der Waals surface area contributed by atoms with Gasteiger partial charge in [-0.2, -0.15) is 0 Å². The lowest BCUT2D eigenvalue weighted by molar-refractivity contribution is -0.870. The fourth-order valence-corrected chi connectivity index (χ4v) is 10.4. The second kappa shape index (κ2) is 57.2. The molecule has 1 amide bonds. The first-order chi connectivity index (χ1) is 37.4. The van der Waals surface area contributed by atoms with Crippen LogP contribution in [0.3, 0.4) is 0 Å². The number of nitrogens with zero attached hydrogens (tertiary/aromatic N) is 1. The van der Waals surface area contributed by atoms with Crippen molar-refractivity contribution in [2.75, 3.05) is 40.9 Å². The fourth-order valence-electron chi connectivity index (χ4n) is 9.65. The summed E-state index contributed by atoms with van der Waals surface area (Å²) in [6, 6.07) is -0.890. The zero-order chi connectivity index (χ0) is 56.4. The Kier molecular flexibility index (Phi) is 55.7. The van der Waals surface area contributed by atoms with Crippen molar-refractivity contribution in [2.45, 2.75) is 328 Å². The largest absolute Gasteiger partial charge is 0.756 e. The minimum absolute atomic E-state index is 0.0227. The Morgan fingerprint density at radius 2 is 0.792 bits per heavy atom. The Morgan fingerprint density at radius 1 is 0.455 bits per heavy atom. The van der Waals surface area contributed by atoms with Crippen molar-refractivity contribution in [3.63, 3.8) is 0 Å². The molecule has 0 saturated heterocycles. The second-order valence-corrected chi connectivity index (χ2v) is 25.0. The van der Waals surface area contributed by atoms with Gasteiger partial charge in [-0.3, -0.25) is 14.2 Å². The maximum Gasteiger partial charge on any atom is 0.306 e. The van der Waals surface area contributed by atoms with E-state index in [0.29, 0.717) is 17.4 Å². The molecule has 0 spiro atoms. The number of hydrogen-bond donors (Lipinski definition) is 1. The van der Waals surface area contributed by atoms with Gasteiger partial charge >= 0.3 is 5.97 Å². The van der Waals surface area contributed by atoms with Gasteiger partial charge in [-0.05, 0) is 70.3 Å². The molecule has 0 heterocycles. The van der Waals surface area contributed by atoms with Crippen molar-refractivity contribution in [2.24, 2.45) is 0 Å². The Morgan fingerprint density at radius 3 is 1.21 bits per heavy atom. The Hall–Kier alpha value is -2.03. The van der Waals surface area contributed by atoms with Crippen LogP contribution >= 0.6 is 7.82 Å². The monoisotopic (exact) mass is 1100 g/mol. The van der Waals surface area contributed by atoms with Crippen molar-refractivity contribution < 1.29 is 37.3 Å². The van der Waals surface area contributed by atoms with Crippen LogP contribution in [0.5, 0.6) is 0 Å². The van der Waals surface area contributed by atoms with Crippen LogP contribution in [0.1, 0.15) is 316 Å². The van der Waals surface area contributed by atoms with Crippen LogP contribution in [0, 0.1) is 0 Å². The lowest BCUT2D eigenvalue weighted by Gasteiger charge is -2.30. The molecule has 452 valence electrons. The third kappa shape index (κ3) is 58.4. The molecule has 0 aromatic rings. The molecule has 0 aromatic carbocycles. The van der Waals surface area contributed by atoms with Crippen LogP contribution in [0.2, 0.25) is 0 Å². The quantitative estimate of drug-likeness (QED) is 0.0212. The minimum Gasteiger partial charge on any atom is -0.756 e. The molecule has 3 unspecified atom stereocenters. The standard InChI is InChI=1S/C67H127N2O7P/c1-7-10-13-16-19-22-25-27-29-31-33-34-36-37-39-41-44-47-50-53-56-59-66(70)68-64(63-75-77(72,73)74-62-61-69(4,5)6)65(58-55-52-49-46-43-24-21-18-15-12-9-3)76-67(71)60-57-54-51-48-45-42-40-38-35-32-30-28-26-23-20-17-14-11-8-2/h19,22,27,29,33-34,55,58,64-65H,7-18,20-21,23-26,28,30-32,35-54,56-57,59-63H2,1-6H3,(H-,68,70,72,73)/b22-19-,29-27-,34-33-,58-55+. The second-order valence-electron chi connectivity index (χ2n) is 23.6. The van der Waals surface area contributed by atoms with Gasteiger partial charge in [0, 0.05) is 12.8 Å². The Labute approximate surface area is 478 Å². The number of carbonyl (C=O) groups is 2. The van der Waals surface area contributed by atoms with Gasteiger partial charge < -0.3 is 28.5 Å². The summed E-state index contributed by atoms with van der Waals surface area (Å²) in [5.41, 5.74) is 0. The average molecular weight is 1100 g/mol. The summed E-state index contributed by atoms with van der Waals surface area (Å²) < 4.78 is 30.4. The van der Waals surface area contributed by atoms with Crippen molar-refractivity contribution in [3.8, 4) is 0 Å². The third-order valence-electron chi connectivity index (χ3n) is 14.8. The number of amides is 1. The summed E-state index contributed by atoms with van der Waals surface area (Å²) in [5.74, 6) is -0.537. The number of hydrogen-bond acceptors (Lipinski definition) is 7. The molecule has 3 atom stereocenters. The van der Waals surface area contributed by atoms with Gasteiger partial charge in [0.05, 0.1) is 33.8 Å². The average Bonchev–Trinajstić information content (AvgIpc) is 3.39. The van der Waals surface area contributed by atoms with E-state index in [1.165, 1.54) is 199 Å². The topological polar surface area (TPSA) is 114 Å². The number of nitrogens with one attached hydrogen (secondary N) is 1. The summed E-state index contributed by atoms with van der Waals surface area (Å²) >= 11 is 0. The number of ether oxygens (including phenoxy) is 1. The van der Waals surface area contributed by atoms with E-state index in [1.54, 1.807) is 0 Å². The number of carbonyl (C=O) groups excluding carboxylic acids is 2. The van der Waals surface area contributed by atoms with Crippen LogP contribution in [0.4, 0.5) is 0 Å². The van der Waals surface area contributed by atoms with Gasteiger partial charge in [0.25, 0.3) is 7.82 Å². The van der Waals surface area contributed by atoms with E-state index in [0.717, 1.165) is 83.5 Å². The van der Waals surface area contributed by atoms with E-state index in [1.807, 2.05) is 33.3 Å². The number of unbranched alkanes of at least 4 members (excludes halogenated alkanes) is 38. The molecule has 0 aromatic heterocycles. The fraction of sp³-hybridized carbons (Fsp3) is 0.851. The van der Waals surface area contributed by atoms with E-state index in [-0.39, 0.29) is 31.5 Å². The summed E-state index contributed by atoms with van der Waals surface area (Å²) in [6.45, 7) is 6.84. The predicted octanol–water partition coefficient (Wildman–Crippen LogP) is 19.8. The normalized spacial score (nSPS) is 13.9. The molecular weight excluding hydrogens is 976 g/mol. The molecule has 9 nitrogen and oxygen atoms in total. The van der Waals surface area contributed by atoms with Crippen LogP contribution in [0.15, 0.2) is 48.6 Å². The van der Waals surface area contributed by atoms with Crippen molar-refractivity contribution >= 4 is 19.7 Å². The van der Waals surface area contributed by atoms with E-state index < -0.39 is 20.0 Å². The molecule has 0 aliphatic rings. The number of allylic oxidation sites excluding steroid dienone is 7. The highest BCUT2D eigenvalue weighted by atomic mass is 31.2. The zero-order valence-corrected chi connectivity index (χ0v) is 52.6. The first-order valence-electron chi connectivity index (χ1n) is 32.9. The molecule has 10 heteroatoms. The molecule has 0 aliphatic carbocycles. The van der Waals surface area contributed by atoms with Crippen molar-refractivity contribution in [1.82, 2.24) is 5.32 Å². The van der Waals surface area contributed by atoms with E-state index in [2.05, 4.69) is 62.5 Å². The molecular formula is C67H127N2O7P. The number of phosphoric acid groups is 1. The number of quaternary nitrogens is 1. The highest BCUT2D eigenvalue weighted by Gasteiger charge is 2.27. The van der Waals surface area contributed by atoms with Crippen LogP contribution in [-0.2, 0) is 27.9 Å². The molecule has 0 radical (unpaired) electrons. The minimum atomic E-state index is -4.70. The number of rotatable bonds is 60. The van der Waals surface area contributed by atoms with E-state index in [9.17, 15) is 19.0 Å². The van der Waals surface area contributed by atoms with Gasteiger partial charge in [-0.1, -0.05) is 282 Å². The van der Waals surface area contributed by atoms with E-state index in [4.69, 9.17) is 13.8 Å². The molecule has 77 heavy (non-hydrogen) atoms. The number of esters is 1. The molecule has 1 N–H and O–H groups in total. The van der Waals surface area contributed by atoms with Crippen molar-refractivity contribution in [3.05, 3.63) is 48.6 Å².